The molecule has 0 bridgehead atoms. The number of fused-ring (bicyclic) bond motifs is 3. The first-order chi connectivity index (χ1) is 10.7. The van der Waals surface area contributed by atoms with Crippen molar-refractivity contribution in [2.24, 2.45) is 0 Å². The Bertz CT molecular complexity index is 992. The second-order valence-electron chi connectivity index (χ2n) is 5.15. The normalized spacial score (nSPS) is 11.1. The van der Waals surface area contributed by atoms with Crippen LogP contribution >= 0.6 is 0 Å². The van der Waals surface area contributed by atoms with Crippen LogP contribution < -0.4 is 5.32 Å². The van der Waals surface area contributed by atoms with Gasteiger partial charge in [-0.1, -0.05) is 12.1 Å². The molecule has 0 fully saturated rings. The van der Waals surface area contributed by atoms with E-state index in [-0.39, 0.29) is 5.75 Å². The molecule has 0 radical (unpaired) electrons. The molecule has 2 N–H and O–H groups in total. The summed E-state index contributed by atoms with van der Waals surface area (Å²) in [4.78, 5) is 4.63. The molecular weight excluding hydrogens is 278 g/mol. The molecule has 0 spiro atoms. The lowest BCUT2D eigenvalue weighted by Crippen LogP contribution is -2.00. The third-order valence-electron chi connectivity index (χ3n) is 3.49. The third-order valence-corrected chi connectivity index (χ3v) is 3.49. The lowest BCUT2D eigenvalue weighted by Gasteiger charge is -2.09. The van der Waals surface area contributed by atoms with Crippen molar-refractivity contribution in [3.63, 3.8) is 0 Å². The first kappa shape index (κ1) is 12.6. The quantitative estimate of drug-likeness (QED) is 0.593. The minimum atomic E-state index is 0.193. The number of phenolic OH excluding ortho intramolecular Hbond substituents is 1. The number of nitrogens with one attached hydrogen (secondary N) is 1. The molecule has 0 saturated heterocycles. The Morgan fingerprint density at radius 1 is 1.14 bits per heavy atom. The number of benzene rings is 2. The van der Waals surface area contributed by atoms with Crippen molar-refractivity contribution in [3.8, 4) is 5.75 Å². The minimum Gasteiger partial charge on any atom is -0.508 e. The Hall–Kier alpha value is -3.15. The molecule has 2 heterocycles. The number of aromatic nitrogens is 4. The number of nitrogens with zero attached hydrogens (tertiary/aromatic N) is 4. The molecule has 22 heavy (non-hydrogen) atoms. The summed E-state index contributed by atoms with van der Waals surface area (Å²) in [5, 5.41) is 20.9. The number of hydrogen-bond donors (Lipinski definition) is 2. The third kappa shape index (κ3) is 2.01. The molecule has 108 valence electrons. The molecular formula is C16H13N5O. The van der Waals surface area contributed by atoms with Crippen molar-refractivity contribution >= 4 is 28.2 Å². The molecule has 0 atom stereocenters. The van der Waals surface area contributed by atoms with E-state index < -0.39 is 0 Å². The summed E-state index contributed by atoms with van der Waals surface area (Å²) in [5.41, 5.74) is 4.34. The molecule has 0 aliphatic carbocycles. The predicted molar refractivity (Wildman–Crippen MR) is 84.4 cm³/mol. The highest BCUT2D eigenvalue weighted by Gasteiger charge is 2.11. The van der Waals surface area contributed by atoms with Crippen molar-refractivity contribution < 1.29 is 5.11 Å². The molecule has 4 rings (SSSR count). The van der Waals surface area contributed by atoms with Crippen molar-refractivity contribution in [2.45, 2.75) is 6.92 Å². The first-order valence-corrected chi connectivity index (χ1v) is 6.87. The number of hydrogen-bond acceptors (Lipinski definition) is 5. The van der Waals surface area contributed by atoms with Gasteiger partial charge in [0.25, 0.3) is 0 Å². The summed E-state index contributed by atoms with van der Waals surface area (Å²) in [6.07, 6.45) is 1.67. The topological polar surface area (TPSA) is 75.3 Å². The van der Waals surface area contributed by atoms with Gasteiger partial charge in [0.1, 0.15) is 12.1 Å². The van der Waals surface area contributed by atoms with Gasteiger partial charge in [0, 0.05) is 11.8 Å². The molecule has 0 saturated carbocycles. The van der Waals surface area contributed by atoms with Gasteiger partial charge in [0.05, 0.1) is 11.0 Å². The molecule has 6 nitrogen and oxygen atoms in total. The van der Waals surface area contributed by atoms with Crippen LogP contribution in [0.1, 0.15) is 5.56 Å². The highest BCUT2D eigenvalue weighted by Crippen LogP contribution is 2.25. The average molecular weight is 291 g/mol. The second-order valence-corrected chi connectivity index (χ2v) is 5.15. The lowest BCUT2D eigenvalue weighted by molar-refractivity contribution is 0.475. The molecule has 6 heteroatoms. The van der Waals surface area contributed by atoms with Crippen molar-refractivity contribution in [3.05, 3.63) is 54.4 Å². The van der Waals surface area contributed by atoms with Gasteiger partial charge < -0.3 is 10.4 Å². The minimum absolute atomic E-state index is 0.193. The molecule has 0 aliphatic rings. The van der Waals surface area contributed by atoms with Crippen LogP contribution in [0.3, 0.4) is 0 Å². The zero-order chi connectivity index (χ0) is 15.1. The van der Waals surface area contributed by atoms with Gasteiger partial charge >= 0.3 is 0 Å². The van der Waals surface area contributed by atoms with Gasteiger partial charge in [-0.05, 0) is 36.8 Å². The number of aromatic hydroxyl groups is 1. The fourth-order valence-corrected chi connectivity index (χ4v) is 2.47. The van der Waals surface area contributed by atoms with E-state index in [1.165, 1.54) is 0 Å². The zero-order valence-corrected chi connectivity index (χ0v) is 11.9. The van der Waals surface area contributed by atoms with Crippen molar-refractivity contribution in [2.75, 3.05) is 5.32 Å². The van der Waals surface area contributed by atoms with E-state index in [1.807, 2.05) is 29.5 Å². The van der Waals surface area contributed by atoms with E-state index in [4.69, 9.17) is 0 Å². The van der Waals surface area contributed by atoms with Gasteiger partial charge in [-0.2, -0.15) is 0 Å². The predicted octanol–water partition coefficient (Wildman–Crippen LogP) is 3.04. The maximum absolute atomic E-state index is 9.57. The van der Waals surface area contributed by atoms with E-state index >= 15 is 0 Å². The van der Waals surface area contributed by atoms with Crippen LogP contribution in [0.5, 0.6) is 5.75 Å². The van der Waals surface area contributed by atoms with Crippen LogP contribution in [0.15, 0.2) is 48.8 Å². The summed E-state index contributed by atoms with van der Waals surface area (Å²) < 4.78 is 1.90. The lowest BCUT2D eigenvalue weighted by atomic mass is 10.2. The van der Waals surface area contributed by atoms with E-state index in [9.17, 15) is 5.11 Å². The maximum Gasteiger partial charge on any atom is 0.204 e. The molecule has 4 aromatic rings. The summed E-state index contributed by atoms with van der Waals surface area (Å²) in [6, 6.07) is 12.9. The number of anilines is 2. The van der Waals surface area contributed by atoms with Gasteiger partial charge in [0.2, 0.25) is 5.65 Å². The molecule has 0 aliphatic heterocycles. The number of rotatable bonds is 2. The van der Waals surface area contributed by atoms with Gasteiger partial charge in [0.15, 0.2) is 5.82 Å². The first-order valence-electron chi connectivity index (χ1n) is 6.87. The van der Waals surface area contributed by atoms with Crippen LogP contribution in [-0.2, 0) is 0 Å². The Morgan fingerprint density at radius 3 is 2.91 bits per heavy atom. The summed E-state index contributed by atoms with van der Waals surface area (Å²) in [6.45, 7) is 2.04. The van der Waals surface area contributed by atoms with E-state index in [0.29, 0.717) is 11.5 Å². The summed E-state index contributed by atoms with van der Waals surface area (Å²) in [7, 11) is 0. The Balaban J connectivity index is 1.92. The fourth-order valence-electron chi connectivity index (χ4n) is 2.47. The summed E-state index contributed by atoms with van der Waals surface area (Å²) in [5.74, 6) is 0.790. The standard InChI is InChI=1S/C16H13N5O/c1-10-5-6-13-14(7-10)21-9-17-20-16(21)15(19-13)18-11-3-2-4-12(22)8-11/h2-9,22H,1H3,(H,18,19). The van der Waals surface area contributed by atoms with Crippen molar-refractivity contribution in [1.82, 2.24) is 19.6 Å². The second kappa shape index (κ2) is 4.70. The van der Waals surface area contributed by atoms with E-state index in [2.05, 4.69) is 26.6 Å². The zero-order valence-electron chi connectivity index (χ0n) is 11.9. The monoisotopic (exact) mass is 291 g/mol. The molecule has 2 aromatic carbocycles. The molecule has 0 unspecified atom stereocenters. The van der Waals surface area contributed by atoms with Crippen LogP contribution in [0, 0.1) is 6.92 Å². The van der Waals surface area contributed by atoms with Crippen LogP contribution in [0.2, 0.25) is 0 Å². The number of phenols is 1. The number of aryl methyl sites for hydroxylation is 1. The van der Waals surface area contributed by atoms with Crippen LogP contribution in [0.4, 0.5) is 11.5 Å². The fraction of sp³-hybridized carbons (Fsp3) is 0.0625. The highest BCUT2D eigenvalue weighted by molar-refractivity contribution is 5.84. The van der Waals surface area contributed by atoms with E-state index in [1.54, 1.807) is 24.5 Å². The van der Waals surface area contributed by atoms with Crippen LogP contribution in [0.25, 0.3) is 16.7 Å². The smallest absolute Gasteiger partial charge is 0.204 e. The SMILES string of the molecule is Cc1ccc2nc(Nc3cccc(O)c3)c3nncn3c2c1. The summed E-state index contributed by atoms with van der Waals surface area (Å²) >= 11 is 0. The largest absolute Gasteiger partial charge is 0.508 e. The Labute approximate surface area is 126 Å². The Kier molecular flexibility index (Phi) is 2.69. The highest BCUT2D eigenvalue weighted by atomic mass is 16.3. The van der Waals surface area contributed by atoms with E-state index in [0.717, 1.165) is 22.3 Å². The Morgan fingerprint density at radius 2 is 2.05 bits per heavy atom. The average Bonchev–Trinajstić information content (AvgIpc) is 2.98. The molecule has 2 aromatic heterocycles. The molecule has 0 amide bonds. The van der Waals surface area contributed by atoms with Gasteiger partial charge in [-0.25, -0.2) is 4.98 Å². The van der Waals surface area contributed by atoms with Gasteiger partial charge in [-0.3, -0.25) is 4.40 Å². The van der Waals surface area contributed by atoms with Gasteiger partial charge in [-0.15, -0.1) is 10.2 Å². The van der Waals surface area contributed by atoms with Crippen LogP contribution in [-0.4, -0.2) is 24.7 Å². The maximum atomic E-state index is 9.57. The van der Waals surface area contributed by atoms with Crippen molar-refractivity contribution in [1.29, 1.82) is 0 Å².